The van der Waals surface area contributed by atoms with Crippen LogP contribution in [0.15, 0.2) is 29.4 Å². The normalized spacial score (nSPS) is 12.2. The maximum atomic E-state index is 11.9. The number of amides is 1. The van der Waals surface area contributed by atoms with E-state index in [0.29, 0.717) is 5.16 Å². The topological polar surface area (TPSA) is 63.9 Å². The highest BCUT2D eigenvalue weighted by Crippen LogP contribution is 2.23. The Hall–Kier alpha value is -1.89. The van der Waals surface area contributed by atoms with Crippen LogP contribution < -0.4 is 0 Å². The van der Waals surface area contributed by atoms with E-state index in [1.54, 1.807) is 23.7 Å². The molecule has 0 spiro atoms. The molecule has 0 fully saturated rings. The van der Waals surface area contributed by atoms with Gasteiger partial charge in [-0.05, 0) is 36.4 Å². The van der Waals surface area contributed by atoms with Crippen LogP contribution in [-0.2, 0) is 4.79 Å². The molecule has 0 unspecified atom stereocenters. The first-order valence-electron chi connectivity index (χ1n) is 6.22. The lowest BCUT2D eigenvalue weighted by atomic mass is 10.2. The largest absolute Gasteiger partial charge is 0.348 e. The van der Waals surface area contributed by atoms with Crippen LogP contribution in [0.25, 0.3) is 5.69 Å². The zero-order chi connectivity index (χ0) is 14.7. The van der Waals surface area contributed by atoms with Gasteiger partial charge < -0.3 is 4.90 Å². The molecular weight excluding hydrogens is 274 g/mol. The Morgan fingerprint density at radius 3 is 2.55 bits per heavy atom. The van der Waals surface area contributed by atoms with Crippen LogP contribution in [0, 0.1) is 6.92 Å². The Labute approximate surface area is 122 Å². The van der Waals surface area contributed by atoms with Crippen LogP contribution in [0.1, 0.15) is 12.5 Å². The first-order valence-corrected chi connectivity index (χ1v) is 7.10. The molecule has 106 valence electrons. The molecule has 1 amide bonds. The molecule has 0 radical (unpaired) electrons. The first kappa shape index (κ1) is 14.5. The van der Waals surface area contributed by atoms with E-state index in [2.05, 4.69) is 15.5 Å². The second-order valence-corrected chi connectivity index (χ2v) is 6.01. The van der Waals surface area contributed by atoms with Crippen molar-refractivity contribution in [2.75, 3.05) is 14.1 Å². The van der Waals surface area contributed by atoms with Gasteiger partial charge in [0.15, 0.2) is 0 Å². The zero-order valence-electron chi connectivity index (χ0n) is 11.9. The first-order chi connectivity index (χ1) is 9.49. The third-order valence-corrected chi connectivity index (χ3v) is 3.81. The molecule has 0 bridgehead atoms. The fourth-order valence-electron chi connectivity index (χ4n) is 1.67. The van der Waals surface area contributed by atoms with E-state index in [0.717, 1.165) is 5.69 Å². The van der Waals surface area contributed by atoms with Gasteiger partial charge in [-0.25, -0.2) is 0 Å². The van der Waals surface area contributed by atoms with Crippen LogP contribution in [0.2, 0.25) is 0 Å². The molecule has 1 aromatic carbocycles. The molecule has 0 saturated heterocycles. The van der Waals surface area contributed by atoms with Crippen molar-refractivity contribution >= 4 is 17.7 Å². The van der Waals surface area contributed by atoms with E-state index in [-0.39, 0.29) is 11.2 Å². The smallest absolute Gasteiger partial charge is 0.235 e. The number of aromatic nitrogens is 4. The van der Waals surface area contributed by atoms with Crippen molar-refractivity contribution in [3.05, 3.63) is 29.8 Å². The van der Waals surface area contributed by atoms with Crippen molar-refractivity contribution in [3.8, 4) is 5.69 Å². The van der Waals surface area contributed by atoms with Crippen molar-refractivity contribution in [2.24, 2.45) is 0 Å². The highest BCUT2D eigenvalue weighted by Gasteiger charge is 2.20. The van der Waals surface area contributed by atoms with Gasteiger partial charge in [0, 0.05) is 14.1 Å². The molecule has 0 N–H and O–H groups in total. The Bertz CT molecular complexity index is 593. The maximum absolute atomic E-state index is 11.9. The van der Waals surface area contributed by atoms with Crippen molar-refractivity contribution < 1.29 is 4.79 Å². The number of nitrogens with zero attached hydrogens (tertiary/aromatic N) is 5. The second-order valence-electron chi connectivity index (χ2n) is 4.70. The molecule has 1 aromatic heterocycles. The van der Waals surface area contributed by atoms with Gasteiger partial charge in [-0.15, -0.1) is 5.10 Å². The maximum Gasteiger partial charge on any atom is 0.235 e. The Balaban J connectivity index is 2.21. The molecule has 2 rings (SSSR count). The van der Waals surface area contributed by atoms with Crippen LogP contribution >= 0.6 is 11.8 Å². The molecular formula is C13H17N5OS. The number of aryl methyl sites for hydroxylation is 1. The van der Waals surface area contributed by atoms with Crippen LogP contribution in [0.3, 0.4) is 0 Å². The number of thioether (sulfide) groups is 1. The summed E-state index contributed by atoms with van der Waals surface area (Å²) in [4.78, 5) is 13.5. The predicted octanol–water partition coefficient (Wildman–Crippen LogP) is 1.54. The summed E-state index contributed by atoms with van der Waals surface area (Å²) in [7, 11) is 3.48. The summed E-state index contributed by atoms with van der Waals surface area (Å²) in [5.74, 6) is 0.0356. The van der Waals surface area contributed by atoms with Gasteiger partial charge in [-0.3, -0.25) is 4.79 Å². The molecule has 0 saturated carbocycles. The minimum Gasteiger partial charge on any atom is -0.348 e. The number of benzene rings is 1. The summed E-state index contributed by atoms with van der Waals surface area (Å²) in [5, 5.41) is 12.0. The summed E-state index contributed by atoms with van der Waals surface area (Å²) >= 11 is 1.35. The standard InChI is InChI=1S/C13H17N5OS/c1-9-5-7-11(8-6-9)18-13(14-15-16-18)20-10(2)12(19)17(3)4/h5-8,10H,1-4H3/t10-/m0/s1. The van der Waals surface area contributed by atoms with E-state index >= 15 is 0 Å². The molecule has 7 heteroatoms. The van der Waals surface area contributed by atoms with Crippen LogP contribution in [0.4, 0.5) is 0 Å². The van der Waals surface area contributed by atoms with Crippen molar-refractivity contribution in [1.29, 1.82) is 0 Å². The van der Waals surface area contributed by atoms with E-state index in [1.165, 1.54) is 17.3 Å². The average molecular weight is 291 g/mol. The minimum absolute atomic E-state index is 0.0356. The van der Waals surface area contributed by atoms with E-state index in [1.807, 2.05) is 38.1 Å². The van der Waals surface area contributed by atoms with Gasteiger partial charge in [0.05, 0.1) is 10.9 Å². The third-order valence-electron chi connectivity index (χ3n) is 2.79. The molecule has 0 aliphatic carbocycles. The molecule has 0 aliphatic heterocycles. The van der Waals surface area contributed by atoms with E-state index < -0.39 is 0 Å². The summed E-state index contributed by atoms with van der Waals surface area (Å²) in [6.45, 7) is 3.87. The van der Waals surface area contributed by atoms with Gasteiger partial charge in [0.2, 0.25) is 11.1 Å². The summed E-state index contributed by atoms with van der Waals surface area (Å²) in [5.41, 5.74) is 2.06. The Kier molecular flexibility index (Phi) is 4.39. The quantitative estimate of drug-likeness (QED) is 0.800. The number of carbonyl (C=O) groups excluding carboxylic acids is 1. The van der Waals surface area contributed by atoms with Crippen LogP contribution in [-0.4, -0.2) is 50.4 Å². The summed E-state index contributed by atoms with van der Waals surface area (Å²) < 4.78 is 1.64. The molecule has 1 atom stereocenters. The van der Waals surface area contributed by atoms with E-state index in [4.69, 9.17) is 0 Å². The van der Waals surface area contributed by atoms with Crippen molar-refractivity contribution in [2.45, 2.75) is 24.3 Å². The van der Waals surface area contributed by atoms with Crippen LogP contribution in [0.5, 0.6) is 0 Å². The molecule has 0 aliphatic rings. The SMILES string of the molecule is Cc1ccc(-n2nnnc2S[C@@H](C)C(=O)N(C)C)cc1. The fraction of sp³-hybridized carbons (Fsp3) is 0.385. The van der Waals surface area contributed by atoms with Gasteiger partial charge in [-0.2, -0.15) is 4.68 Å². The number of rotatable bonds is 4. The average Bonchev–Trinajstić information content (AvgIpc) is 2.86. The number of hydrogen-bond donors (Lipinski definition) is 0. The lowest BCUT2D eigenvalue weighted by molar-refractivity contribution is -0.127. The fourth-order valence-corrected chi connectivity index (χ4v) is 2.63. The number of hydrogen-bond acceptors (Lipinski definition) is 5. The van der Waals surface area contributed by atoms with Gasteiger partial charge in [0.1, 0.15) is 0 Å². The molecule has 1 heterocycles. The number of tetrazole rings is 1. The van der Waals surface area contributed by atoms with Gasteiger partial charge >= 0.3 is 0 Å². The minimum atomic E-state index is -0.236. The van der Waals surface area contributed by atoms with Crippen molar-refractivity contribution in [3.63, 3.8) is 0 Å². The summed E-state index contributed by atoms with van der Waals surface area (Å²) in [6, 6.07) is 7.90. The second kappa shape index (κ2) is 6.04. The molecule has 2 aromatic rings. The third kappa shape index (κ3) is 3.16. The predicted molar refractivity (Wildman–Crippen MR) is 77.9 cm³/mol. The Morgan fingerprint density at radius 2 is 1.95 bits per heavy atom. The summed E-state index contributed by atoms with van der Waals surface area (Å²) in [6.07, 6.45) is 0. The lowest BCUT2D eigenvalue weighted by Gasteiger charge is -2.15. The van der Waals surface area contributed by atoms with Gasteiger partial charge in [0.25, 0.3) is 0 Å². The van der Waals surface area contributed by atoms with E-state index in [9.17, 15) is 4.79 Å². The number of carbonyl (C=O) groups is 1. The highest BCUT2D eigenvalue weighted by molar-refractivity contribution is 8.00. The van der Waals surface area contributed by atoms with Gasteiger partial charge in [-0.1, -0.05) is 29.5 Å². The van der Waals surface area contributed by atoms with Crippen molar-refractivity contribution in [1.82, 2.24) is 25.1 Å². The Morgan fingerprint density at radius 1 is 1.30 bits per heavy atom. The molecule has 20 heavy (non-hydrogen) atoms. The monoisotopic (exact) mass is 291 g/mol. The zero-order valence-corrected chi connectivity index (χ0v) is 12.8. The highest BCUT2D eigenvalue weighted by atomic mass is 32.2. The lowest BCUT2D eigenvalue weighted by Crippen LogP contribution is -2.29. The molecule has 6 nitrogen and oxygen atoms in total.